The molecule has 0 fully saturated rings. The zero-order chi connectivity index (χ0) is 17.3. The van der Waals surface area contributed by atoms with E-state index in [0.717, 1.165) is 0 Å². The molecule has 0 unspecified atom stereocenters. The molecule has 24 heavy (non-hydrogen) atoms. The Kier molecular flexibility index (Phi) is 3.96. The van der Waals surface area contributed by atoms with Gasteiger partial charge in [-0.3, -0.25) is 9.78 Å². The molecule has 9 heteroatoms. The maximum Gasteiger partial charge on any atom is 0.417 e. The molecule has 0 saturated heterocycles. The van der Waals surface area contributed by atoms with Crippen LogP contribution in [0.4, 0.5) is 0 Å². The molecule has 0 saturated carbocycles. The molecule has 0 bridgehead atoms. The van der Waals surface area contributed by atoms with Crippen molar-refractivity contribution in [3.8, 4) is 0 Å². The Hall–Kier alpha value is -2.91. The van der Waals surface area contributed by atoms with Crippen molar-refractivity contribution in [2.45, 2.75) is 11.4 Å². The summed E-state index contributed by atoms with van der Waals surface area (Å²) in [6, 6.07) is 10.5. The van der Waals surface area contributed by atoms with Gasteiger partial charge >= 0.3 is 5.76 Å². The summed E-state index contributed by atoms with van der Waals surface area (Å²) in [5.41, 5.74) is 1.86. The highest BCUT2D eigenvalue weighted by Gasteiger charge is 2.10. The number of aromatic amines is 1. The first-order chi connectivity index (χ1) is 11.3. The van der Waals surface area contributed by atoms with Gasteiger partial charge in [0.15, 0.2) is 5.58 Å². The molecule has 0 aliphatic rings. The summed E-state index contributed by atoms with van der Waals surface area (Å²) >= 11 is 0. The van der Waals surface area contributed by atoms with E-state index in [1.54, 1.807) is 24.3 Å². The number of nitrogens with two attached hydrogens (primary N) is 1. The molecule has 0 aliphatic heterocycles. The largest absolute Gasteiger partial charge is 0.417 e. The number of fused-ring (bicyclic) bond motifs is 1. The Morgan fingerprint density at radius 1 is 1.17 bits per heavy atom. The van der Waals surface area contributed by atoms with Crippen LogP contribution in [-0.2, 0) is 16.6 Å². The second-order valence-electron chi connectivity index (χ2n) is 5.10. The number of sulfonamides is 1. The van der Waals surface area contributed by atoms with Crippen molar-refractivity contribution in [1.29, 1.82) is 0 Å². The predicted molar refractivity (Wildman–Crippen MR) is 85.8 cm³/mol. The van der Waals surface area contributed by atoms with E-state index < -0.39 is 15.8 Å². The average molecular weight is 347 g/mol. The lowest BCUT2D eigenvalue weighted by atomic mass is 10.2. The number of oxazole rings is 1. The highest BCUT2D eigenvalue weighted by atomic mass is 32.2. The van der Waals surface area contributed by atoms with E-state index in [0.29, 0.717) is 22.2 Å². The fourth-order valence-corrected chi connectivity index (χ4v) is 2.68. The zero-order valence-electron chi connectivity index (χ0n) is 12.3. The van der Waals surface area contributed by atoms with E-state index in [-0.39, 0.29) is 17.3 Å². The molecular formula is C15H13N3O5S. The van der Waals surface area contributed by atoms with Gasteiger partial charge in [-0.25, -0.2) is 18.4 Å². The van der Waals surface area contributed by atoms with Gasteiger partial charge in [0.2, 0.25) is 10.0 Å². The van der Waals surface area contributed by atoms with E-state index in [9.17, 15) is 18.0 Å². The third kappa shape index (κ3) is 3.36. The third-order valence-electron chi connectivity index (χ3n) is 3.39. The first-order valence-corrected chi connectivity index (χ1v) is 8.40. The normalized spacial score (nSPS) is 11.5. The average Bonchev–Trinajstić information content (AvgIpc) is 2.91. The van der Waals surface area contributed by atoms with E-state index in [4.69, 9.17) is 9.56 Å². The molecule has 0 radical (unpaired) electrons. The van der Waals surface area contributed by atoms with Crippen LogP contribution in [0.3, 0.4) is 0 Å². The Labute approximate surface area is 136 Å². The van der Waals surface area contributed by atoms with Crippen molar-refractivity contribution in [2.24, 2.45) is 5.14 Å². The fraction of sp³-hybridized carbons (Fsp3) is 0.0667. The molecular weight excluding hydrogens is 334 g/mol. The molecule has 1 amide bonds. The summed E-state index contributed by atoms with van der Waals surface area (Å²) < 4.78 is 27.3. The van der Waals surface area contributed by atoms with E-state index >= 15 is 0 Å². The van der Waals surface area contributed by atoms with Crippen LogP contribution in [0.2, 0.25) is 0 Å². The van der Waals surface area contributed by atoms with Gasteiger partial charge in [-0.1, -0.05) is 12.1 Å². The topological polar surface area (TPSA) is 135 Å². The molecule has 3 aromatic rings. The van der Waals surface area contributed by atoms with E-state index in [2.05, 4.69) is 10.3 Å². The zero-order valence-corrected chi connectivity index (χ0v) is 13.1. The molecule has 4 N–H and O–H groups in total. The summed E-state index contributed by atoms with van der Waals surface area (Å²) in [7, 11) is -3.74. The fourth-order valence-electron chi connectivity index (χ4n) is 2.17. The summed E-state index contributed by atoms with van der Waals surface area (Å²) in [6.07, 6.45) is 0. The van der Waals surface area contributed by atoms with Crippen LogP contribution in [0, 0.1) is 0 Å². The van der Waals surface area contributed by atoms with Crippen LogP contribution < -0.4 is 16.2 Å². The SMILES string of the molecule is NS(=O)(=O)c1ccc(CNC(=O)c2ccc3[nH]c(=O)oc3c2)cc1. The third-order valence-corrected chi connectivity index (χ3v) is 4.32. The van der Waals surface area contributed by atoms with E-state index in [1.807, 2.05) is 0 Å². The van der Waals surface area contributed by atoms with Crippen molar-refractivity contribution >= 4 is 27.0 Å². The minimum atomic E-state index is -3.74. The number of benzene rings is 2. The lowest BCUT2D eigenvalue weighted by molar-refractivity contribution is 0.0951. The number of primary sulfonamides is 1. The van der Waals surface area contributed by atoms with Gasteiger partial charge in [-0.2, -0.15) is 0 Å². The Morgan fingerprint density at radius 2 is 1.88 bits per heavy atom. The first kappa shape index (κ1) is 16.0. The summed E-state index contributed by atoms with van der Waals surface area (Å²) in [5, 5.41) is 7.72. The van der Waals surface area contributed by atoms with Crippen molar-refractivity contribution in [2.75, 3.05) is 0 Å². The molecule has 8 nitrogen and oxygen atoms in total. The number of aromatic nitrogens is 1. The number of carbonyl (C=O) groups is 1. The maximum atomic E-state index is 12.1. The number of H-pyrrole nitrogens is 1. The Bertz CT molecular complexity index is 1060. The number of hydrogen-bond donors (Lipinski definition) is 3. The van der Waals surface area contributed by atoms with Gasteiger partial charge < -0.3 is 9.73 Å². The molecule has 0 atom stereocenters. The summed E-state index contributed by atoms with van der Waals surface area (Å²) in [5.74, 6) is -0.936. The maximum absolute atomic E-state index is 12.1. The number of carbonyl (C=O) groups excluding carboxylic acids is 1. The van der Waals surface area contributed by atoms with Crippen molar-refractivity contribution in [3.63, 3.8) is 0 Å². The minimum Gasteiger partial charge on any atom is -0.408 e. The number of nitrogens with one attached hydrogen (secondary N) is 2. The summed E-state index contributed by atoms with van der Waals surface area (Å²) in [6.45, 7) is 0.207. The van der Waals surface area contributed by atoms with E-state index in [1.165, 1.54) is 18.2 Å². The van der Waals surface area contributed by atoms with Gasteiger partial charge in [0.05, 0.1) is 10.4 Å². The second kappa shape index (κ2) is 5.95. The highest BCUT2D eigenvalue weighted by molar-refractivity contribution is 7.89. The molecule has 3 rings (SSSR count). The smallest absolute Gasteiger partial charge is 0.408 e. The van der Waals surface area contributed by atoms with Crippen LogP contribution in [0.25, 0.3) is 11.1 Å². The number of hydrogen-bond acceptors (Lipinski definition) is 5. The predicted octanol–water partition coefficient (Wildman–Crippen LogP) is 0.698. The van der Waals surface area contributed by atoms with Gasteiger partial charge in [0.1, 0.15) is 0 Å². The molecule has 1 aromatic heterocycles. The van der Waals surface area contributed by atoms with Crippen LogP contribution in [0.15, 0.2) is 56.6 Å². The van der Waals surface area contributed by atoms with Gasteiger partial charge in [-0.15, -0.1) is 0 Å². The second-order valence-corrected chi connectivity index (χ2v) is 6.66. The van der Waals surface area contributed by atoms with Crippen LogP contribution in [0.5, 0.6) is 0 Å². The number of amides is 1. The standard InChI is InChI=1S/C15H13N3O5S/c16-24(21,22)11-4-1-9(2-5-11)8-17-14(19)10-3-6-12-13(7-10)23-15(20)18-12/h1-7H,8H2,(H,17,19)(H,18,20)(H2,16,21,22). The molecule has 0 aliphatic carbocycles. The van der Waals surface area contributed by atoms with Crippen LogP contribution >= 0.6 is 0 Å². The molecule has 0 spiro atoms. The lowest BCUT2D eigenvalue weighted by Crippen LogP contribution is -2.22. The van der Waals surface area contributed by atoms with Crippen molar-refractivity contribution in [3.05, 3.63) is 64.1 Å². The summed E-state index contributed by atoms with van der Waals surface area (Å²) in [4.78, 5) is 25.7. The van der Waals surface area contributed by atoms with Gasteiger partial charge in [-0.05, 0) is 35.9 Å². The van der Waals surface area contributed by atoms with Gasteiger partial charge in [0.25, 0.3) is 5.91 Å². The van der Waals surface area contributed by atoms with Gasteiger partial charge in [0, 0.05) is 12.1 Å². The van der Waals surface area contributed by atoms with Crippen LogP contribution in [0.1, 0.15) is 15.9 Å². The minimum absolute atomic E-state index is 0.00511. The van der Waals surface area contributed by atoms with Crippen molar-refractivity contribution < 1.29 is 17.6 Å². The quantitative estimate of drug-likeness (QED) is 0.638. The highest BCUT2D eigenvalue weighted by Crippen LogP contribution is 2.13. The molecule has 1 heterocycles. The molecule has 124 valence electrons. The Morgan fingerprint density at radius 3 is 2.54 bits per heavy atom. The Balaban J connectivity index is 1.71. The molecule has 2 aromatic carbocycles. The van der Waals surface area contributed by atoms with Crippen LogP contribution in [-0.4, -0.2) is 19.3 Å². The monoisotopic (exact) mass is 347 g/mol. The first-order valence-electron chi connectivity index (χ1n) is 6.86. The number of rotatable bonds is 4. The lowest BCUT2D eigenvalue weighted by Gasteiger charge is -2.06. The van der Waals surface area contributed by atoms with Crippen molar-refractivity contribution in [1.82, 2.24) is 10.3 Å².